The number of aliphatic hydroxyl groups is 1. The maximum atomic E-state index is 13.1. The Labute approximate surface area is 217 Å². The minimum absolute atomic E-state index is 0.0942. The highest BCUT2D eigenvalue weighted by Crippen LogP contribution is 2.47. The number of aliphatic hydroxyl groups excluding tert-OH is 1. The van der Waals surface area contributed by atoms with Gasteiger partial charge in [-0.2, -0.15) is 8.78 Å². The Bertz CT molecular complexity index is 1480. The van der Waals surface area contributed by atoms with Crippen LogP contribution in [0.15, 0.2) is 55.0 Å². The summed E-state index contributed by atoms with van der Waals surface area (Å²) in [6, 6.07) is 10.5. The van der Waals surface area contributed by atoms with Gasteiger partial charge in [-0.1, -0.05) is 18.2 Å². The van der Waals surface area contributed by atoms with Crippen molar-refractivity contribution in [2.45, 2.75) is 50.7 Å². The highest BCUT2D eigenvalue weighted by Gasteiger charge is 2.37. The summed E-state index contributed by atoms with van der Waals surface area (Å²) >= 11 is 0. The summed E-state index contributed by atoms with van der Waals surface area (Å²) < 4.78 is 32.8. The second-order valence-corrected chi connectivity index (χ2v) is 9.86. The Morgan fingerprint density at radius 2 is 1.82 bits per heavy atom. The minimum Gasteiger partial charge on any atom is -0.435 e. The van der Waals surface area contributed by atoms with E-state index in [-0.39, 0.29) is 23.5 Å². The lowest BCUT2D eigenvalue weighted by Gasteiger charge is -2.30. The van der Waals surface area contributed by atoms with Crippen molar-refractivity contribution in [3.63, 3.8) is 0 Å². The number of carbonyl (C=O) groups is 1. The molecule has 1 saturated heterocycles. The average Bonchev–Trinajstić information content (AvgIpc) is 3.46. The lowest BCUT2D eigenvalue weighted by Crippen LogP contribution is -2.36. The third-order valence-corrected chi connectivity index (χ3v) is 7.61. The van der Waals surface area contributed by atoms with Gasteiger partial charge in [-0.3, -0.25) is 4.79 Å². The van der Waals surface area contributed by atoms with Gasteiger partial charge in [0.15, 0.2) is 0 Å². The van der Waals surface area contributed by atoms with Crippen LogP contribution in [0.2, 0.25) is 0 Å². The third kappa shape index (κ3) is 4.38. The molecule has 1 amide bonds. The SMILES string of the molecule is CC(=O)N1CCC(c2ncc(-c3ccc4nc5c(n4c3)C(c3ccccc3OC(F)F)CC5O)cn2)CC1. The van der Waals surface area contributed by atoms with Crippen LogP contribution in [0.3, 0.4) is 0 Å². The Kier molecular flexibility index (Phi) is 6.27. The molecule has 3 aromatic heterocycles. The molecule has 196 valence electrons. The van der Waals surface area contributed by atoms with Crippen molar-refractivity contribution in [1.82, 2.24) is 24.3 Å². The van der Waals surface area contributed by atoms with Crippen molar-refractivity contribution < 1.29 is 23.4 Å². The van der Waals surface area contributed by atoms with Crippen molar-refractivity contribution >= 4 is 11.6 Å². The molecule has 2 unspecified atom stereocenters. The summed E-state index contributed by atoms with van der Waals surface area (Å²) in [5.41, 5.74) is 4.24. The molecule has 1 aliphatic heterocycles. The number of benzene rings is 1. The van der Waals surface area contributed by atoms with Crippen molar-refractivity contribution in [3.8, 4) is 16.9 Å². The number of nitrogens with zero attached hydrogens (tertiary/aromatic N) is 5. The molecule has 1 aliphatic carbocycles. The summed E-state index contributed by atoms with van der Waals surface area (Å²) in [5.74, 6) is 0.828. The number of para-hydroxylation sites is 1. The number of alkyl halides is 2. The standard InChI is InChI=1S/C28H27F2N5O3/c1-16(36)34-10-8-17(9-11-34)27-31-13-19(14-32-27)18-6-7-24-33-25-22(37)12-21(26(25)35(24)15-18)20-4-2-3-5-23(20)38-28(29)30/h2-7,13-15,17,21-22,28,37H,8-12H2,1H3. The molecule has 4 heterocycles. The van der Waals surface area contributed by atoms with E-state index in [9.17, 15) is 18.7 Å². The van der Waals surface area contributed by atoms with E-state index in [4.69, 9.17) is 4.74 Å². The number of hydrogen-bond donors (Lipinski definition) is 1. The Hall–Kier alpha value is -3.92. The van der Waals surface area contributed by atoms with Crippen LogP contribution in [0, 0.1) is 0 Å². The quantitative estimate of drug-likeness (QED) is 0.411. The van der Waals surface area contributed by atoms with E-state index in [1.54, 1.807) is 37.5 Å². The van der Waals surface area contributed by atoms with Crippen LogP contribution in [0.4, 0.5) is 8.78 Å². The molecular formula is C28H27F2N5O3. The molecule has 10 heteroatoms. The Morgan fingerprint density at radius 1 is 1.08 bits per heavy atom. The molecule has 38 heavy (non-hydrogen) atoms. The minimum atomic E-state index is -2.94. The largest absolute Gasteiger partial charge is 0.435 e. The lowest BCUT2D eigenvalue weighted by atomic mass is 9.95. The van der Waals surface area contributed by atoms with E-state index >= 15 is 0 Å². The second kappa shape index (κ2) is 9.75. The van der Waals surface area contributed by atoms with Crippen LogP contribution >= 0.6 is 0 Å². The highest BCUT2D eigenvalue weighted by molar-refractivity contribution is 5.73. The molecule has 6 rings (SSSR count). The van der Waals surface area contributed by atoms with Crippen molar-refractivity contribution in [3.05, 3.63) is 77.8 Å². The summed E-state index contributed by atoms with van der Waals surface area (Å²) in [6.07, 6.45) is 6.72. The zero-order chi connectivity index (χ0) is 26.4. The van der Waals surface area contributed by atoms with Crippen LogP contribution in [-0.2, 0) is 4.79 Å². The molecule has 0 bridgehead atoms. The first-order valence-corrected chi connectivity index (χ1v) is 12.7. The maximum Gasteiger partial charge on any atom is 0.387 e. The van der Waals surface area contributed by atoms with E-state index in [1.807, 2.05) is 27.6 Å². The fraction of sp³-hybridized carbons (Fsp3) is 0.357. The second-order valence-electron chi connectivity index (χ2n) is 9.86. The first-order valence-electron chi connectivity index (χ1n) is 12.7. The average molecular weight is 520 g/mol. The fourth-order valence-corrected chi connectivity index (χ4v) is 5.69. The number of hydrogen-bond acceptors (Lipinski definition) is 6. The number of piperidine rings is 1. The summed E-state index contributed by atoms with van der Waals surface area (Å²) in [5, 5.41) is 10.8. The molecule has 1 N–H and O–H groups in total. The summed E-state index contributed by atoms with van der Waals surface area (Å²) in [6.45, 7) is 0.0788. The summed E-state index contributed by atoms with van der Waals surface area (Å²) in [4.78, 5) is 27.4. The Balaban J connectivity index is 1.31. The van der Waals surface area contributed by atoms with E-state index in [2.05, 4.69) is 15.0 Å². The summed E-state index contributed by atoms with van der Waals surface area (Å²) in [7, 11) is 0. The number of halogens is 2. The number of ether oxygens (including phenoxy) is 1. The molecule has 4 aromatic rings. The van der Waals surface area contributed by atoms with Crippen LogP contribution in [0.25, 0.3) is 16.8 Å². The number of rotatable bonds is 5. The van der Waals surface area contributed by atoms with E-state index in [0.717, 1.165) is 35.5 Å². The zero-order valence-electron chi connectivity index (χ0n) is 20.8. The van der Waals surface area contributed by atoms with Gasteiger partial charge in [0.2, 0.25) is 5.91 Å². The van der Waals surface area contributed by atoms with Crippen LogP contribution in [-0.4, -0.2) is 55.0 Å². The lowest BCUT2D eigenvalue weighted by molar-refractivity contribution is -0.129. The normalized spacial score (nSPS) is 19.8. The molecular weight excluding hydrogens is 492 g/mol. The number of aromatic nitrogens is 4. The van der Waals surface area contributed by atoms with Crippen LogP contribution in [0.1, 0.15) is 66.9 Å². The maximum absolute atomic E-state index is 13.1. The van der Waals surface area contributed by atoms with Gasteiger partial charge in [0.1, 0.15) is 17.2 Å². The molecule has 0 spiro atoms. The molecule has 1 fully saturated rings. The van der Waals surface area contributed by atoms with Crippen LogP contribution in [0.5, 0.6) is 5.75 Å². The van der Waals surface area contributed by atoms with Gasteiger partial charge in [-0.05, 0) is 37.5 Å². The predicted molar refractivity (Wildman–Crippen MR) is 135 cm³/mol. The first-order chi connectivity index (χ1) is 18.4. The number of likely N-dealkylation sites (tertiary alicyclic amines) is 1. The zero-order valence-corrected chi connectivity index (χ0v) is 20.8. The highest BCUT2D eigenvalue weighted by atomic mass is 19.3. The van der Waals surface area contributed by atoms with Gasteiger partial charge in [0.05, 0.1) is 17.5 Å². The van der Waals surface area contributed by atoms with Crippen molar-refractivity contribution in [2.24, 2.45) is 0 Å². The molecule has 0 radical (unpaired) electrons. The third-order valence-electron chi connectivity index (χ3n) is 7.61. The molecule has 8 nitrogen and oxygen atoms in total. The van der Waals surface area contributed by atoms with Crippen molar-refractivity contribution in [1.29, 1.82) is 0 Å². The molecule has 0 saturated carbocycles. The van der Waals surface area contributed by atoms with Crippen LogP contribution < -0.4 is 4.74 Å². The smallest absolute Gasteiger partial charge is 0.387 e. The van der Waals surface area contributed by atoms with Gasteiger partial charge in [0.25, 0.3) is 0 Å². The van der Waals surface area contributed by atoms with E-state index < -0.39 is 12.7 Å². The number of amides is 1. The molecule has 2 atom stereocenters. The number of fused-ring (bicyclic) bond motifs is 3. The Morgan fingerprint density at radius 3 is 2.53 bits per heavy atom. The van der Waals surface area contributed by atoms with Gasteiger partial charge >= 0.3 is 6.61 Å². The number of pyridine rings is 1. The van der Waals surface area contributed by atoms with E-state index in [0.29, 0.717) is 36.4 Å². The van der Waals surface area contributed by atoms with Gasteiger partial charge in [0, 0.05) is 67.1 Å². The topological polar surface area (TPSA) is 92.9 Å². The van der Waals surface area contributed by atoms with Gasteiger partial charge in [-0.15, -0.1) is 0 Å². The first kappa shape index (κ1) is 24.4. The molecule has 1 aromatic carbocycles. The van der Waals surface area contributed by atoms with E-state index in [1.165, 1.54) is 6.07 Å². The van der Waals surface area contributed by atoms with Gasteiger partial charge in [-0.25, -0.2) is 15.0 Å². The number of imidazole rings is 1. The number of carbonyl (C=O) groups excluding carboxylic acids is 1. The molecule has 2 aliphatic rings. The monoisotopic (exact) mass is 519 g/mol. The van der Waals surface area contributed by atoms with Crippen molar-refractivity contribution in [2.75, 3.05) is 13.1 Å². The fourth-order valence-electron chi connectivity index (χ4n) is 5.69. The predicted octanol–water partition coefficient (Wildman–Crippen LogP) is 4.69. The van der Waals surface area contributed by atoms with Gasteiger partial charge < -0.3 is 19.1 Å².